The van der Waals surface area contributed by atoms with Crippen molar-refractivity contribution < 1.29 is 34.7 Å². The van der Waals surface area contributed by atoms with Gasteiger partial charge in [0, 0.05) is 0 Å². The molecule has 24 heavy (non-hydrogen) atoms. The zero-order valence-electron chi connectivity index (χ0n) is 13.0. The van der Waals surface area contributed by atoms with Crippen LogP contribution in [-0.4, -0.2) is 63.1 Å². The van der Waals surface area contributed by atoms with E-state index >= 15 is 0 Å². The Morgan fingerprint density at radius 2 is 1.92 bits per heavy atom. The third-order valence-corrected chi connectivity index (χ3v) is 3.76. The van der Waals surface area contributed by atoms with Crippen LogP contribution >= 0.6 is 0 Å². The highest BCUT2D eigenvalue weighted by molar-refractivity contribution is 5.71. The second-order valence-corrected chi connectivity index (χ2v) is 5.58. The van der Waals surface area contributed by atoms with Gasteiger partial charge in [0.2, 0.25) is 0 Å². The average molecular weight is 339 g/mol. The normalized spacial score (nSPS) is 32.3. The minimum absolute atomic E-state index is 0.337. The largest absolute Gasteiger partial charge is 0.509 e. The van der Waals surface area contributed by atoms with Gasteiger partial charge in [-0.3, -0.25) is 0 Å². The SMILES string of the molecule is C[C@@H](O[C@H]1[C@H](O)[C@@H](C(O)=Cc2ccccc2)OC(O)[C@@H]1N)C(=O)O. The molecule has 1 aromatic carbocycles. The average Bonchev–Trinajstić information content (AvgIpc) is 2.55. The van der Waals surface area contributed by atoms with E-state index in [9.17, 15) is 20.1 Å². The lowest BCUT2D eigenvalue weighted by Crippen LogP contribution is -2.63. The Labute approximate surface area is 138 Å². The number of carboxylic acid groups (broad SMARTS) is 1. The monoisotopic (exact) mass is 339 g/mol. The minimum Gasteiger partial charge on any atom is -0.509 e. The smallest absolute Gasteiger partial charge is 0.332 e. The summed E-state index contributed by atoms with van der Waals surface area (Å²) in [6, 6.07) is 7.63. The van der Waals surface area contributed by atoms with Gasteiger partial charge in [-0.25, -0.2) is 4.79 Å². The number of aliphatic hydroxyl groups is 3. The van der Waals surface area contributed by atoms with Gasteiger partial charge in [-0.05, 0) is 18.6 Å². The van der Waals surface area contributed by atoms with Gasteiger partial charge in [0.15, 0.2) is 12.4 Å². The number of hydrogen-bond acceptors (Lipinski definition) is 7. The molecule has 1 heterocycles. The first kappa shape index (κ1) is 18.4. The second-order valence-electron chi connectivity index (χ2n) is 5.58. The molecule has 1 aliphatic heterocycles. The van der Waals surface area contributed by atoms with Crippen LogP contribution in [0.3, 0.4) is 0 Å². The van der Waals surface area contributed by atoms with Gasteiger partial charge in [-0.15, -0.1) is 0 Å². The maximum atomic E-state index is 10.9. The number of carboxylic acids is 1. The number of aliphatic hydroxyl groups excluding tert-OH is 3. The number of ether oxygens (including phenoxy) is 2. The summed E-state index contributed by atoms with van der Waals surface area (Å²) < 4.78 is 10.4. The van der Waals surface area contributed by atoms with E-state index in [1.54, 1.807) is 30.3 Å². The molecule has 0 aromatic heterocycles. The molecule has 6 N–H and O–H groups in total. The predicted octanol–water partition coefficient (Wildman–Crippen LogP) is -0.151. The van der Waals surface area contributed by atoms with Crippen molar-refractivity contribution in [3.05, 3.63) is 41.7 Å². The van der Waals surface area contributed by atoms with Crippen LogP contribution in [0.4, 0.5) is 0 Å². The zero-order valence-corrected chi connectivity index (χ0v) is 13.0. The van der Waals surface area contributed by atoms with Crippen LogP contribution in [-0.2, 0) is 14.3 Å². The molecule has 8 heteroatoms. The van der Waals surface area contributed by atoms with Crippen LogP contribution in [0.1, 0.15) is 12.5 Å². The first-order valence-corrected chi connectivity index (χ1v) is 7.42. The Kier molecular flexibility index (Phi) is 5.92. The quantitative estimate of drug-likeness (QED) is 0.466. The molecule has 6 atom stereocenters. The summed E-state index contributed by atoms with van der Waals surface area (Å²) in [7, 11) is 0. The van der Waals surface area contributed by atoms with Crippen LogP contribution in [0.5, 0.6) is 0 Å². The van der Waals surface area contributed by atoms with Gasteiger partial charge in [-0.2, -0.15) is 0 Å². The second kappa shape index (κ2) is 7.73. The first-order valence-electron chi connectivity index (χ1n) is 7.42. The fourth-order valence-corrected chi connectivity index (χ4v) is 2.40. The summed E-state index contributed by atoms with van der Waals surface area (Å²) in [5, 5.41) is 39.4. The maximum Gasteiger partial charge on any atom is 0.332 e. The lowest BCUT2D eigenvalue weighted by molar-refractivity contribution is -0.253. The van der Waals surface area contributed by atoms with Crippen LogP contribution in [0, 0.1) is 0 Å². The van der Waals surface area contributed by atoms with Crippen molar-refractivity contribution in [2.24, 2.45) is 5.73 Å². The van der Waals surface area contributed by atoms with Gasteiger partial charge in [0.05, 0.1) is 6.04 Å². The maximum absolute atomic E-state index is 10.9. The topological polar surface area (TPSA) is 142 Å². The van der Waals surface area contributed by atoms with Crippen molar-refractivity contribution in [1.82, 2.24) is 0 Å². The zero-order chi connectivity index (χ0) is 17.9. The Hall–Kier alpha value is -1.97. The van der Waals surface area contributed by atoms with Crippen molar-refractivity contribution >= 4 is 12.0 Å². The fraction of sp³-hybridized carbons (Fsp3) is 0.438. The number of carbonyl (C=O) groups is 1. The molecular formula is C16H21NO7. The highest BCUT2D eigenvalue weighted by Crippen LogP contribution is 2.26. The van der Waals surface area contributed by atoms with Crippen molar-refractivity contribution in [2.75, 3.05) is 0 Å². The predicted molar refractivity (Wildman–Crippen MR) is 83.9 cm³/mol. The van der Waals surface area contributed by atoms with Crippen molar-refractivity contribution in [1.29, 1.82) is 0 Å². The van der Waals surface area contributed by atoms with Crippen LogP contribution in [0.2, 0.25) is 0 Å². The Morgan fingerprint density at radius 1 is 1.29 bits per heavy atom. The number of aliphatic carboxylic acids is 1. The number of benzene rings is 1. The van der Waals surface area contributed by atoms with E-state index in [4.69, 9.17) is 20.3 Å². The van der Waals surface area contributed by atoms with Crippen molar-refractivity contribution in [3.8, 4) is 0 Å². The molecule has 1 unspecified atom stereocenters. The Morgan fingerprint density at radius 3 is 2.50 bits per heavy atom. The van der Waals surface area contributed by atoms with Gasteiger partial charge >= 0.3 is 5.97 Å². The third-order valence-electron chi connectivity index (χ3n) is 3.76. The molecule has 0 radical (unpaired) electrons. The molecule has 0 amide bonds. The van der Waals surface area contributed by atoms with Gasteiger partial charge in [-0.1, -0.05) is 30.3 Å². The molecule has 132 valence electrons. The number of hydrogen-bond donors (Lipinski definition) is 5. The molecule has 1 aromatic rings. The van der Waals surface area contributed by atoms with E-state index in [1.165, 1.54) is 13.0 Å². The third kappa shape index (κ3) is 4.11. The van der Waals surface area contributed by atoms with E-state index in [2.05, 4.69) is 0 Å². The molecular weight excluding hydrogens is 318 g/mol. The van der Waals surface area contributed by atoms with Crippen molar-refractivity contribution in [3.63, 3.8) is 0 Å². The molecule has 1 saturated heterocycles. The molecule has 2 rings (SSSR count). The van der Waals surface area contributed by atoms with E-state index in [0.29, 0.717) is 5.56 Å². The summed E-state index contributed by atoms with van der Waals surface area (Å²) in [6.45, 7) is 1.28. The van der Waals surface area contributed by atoms with Gasteiger partial charge < -0.3 is 35.6 Å². The lowest BCUT2D eigenvalue weighted by Gasteiger charge is -2.41. The minimum atomic E-state index is -1.53. The summed E-state index contributed by atoms with van der Waals surface area (Å²) >= 11 is 0. The van der Waals surface area contributed by atoms with E-state index in [1.807, 2.05) is 0 Å². The molecule has 1 fully saturated rings. The van der Waals surface area contributed by atoms with E-state index < -0.39 is 42.7 Å². The molecule has 0 saturated carbocycles. The van der Waals surface area contributed by atoms with Crippen LogP contribution in [0.15, 0.2) is 36.1 Å². The standard InChI is InChI=1S/C16H21NO7/c1-8(15(20)21)23-14-11(17)16(22)24-13(12(14)19)10(18)7-9-5-3-2-4-6-9/h2-8,11-14,16,18-19,22H,17H2,1H3,(H,20,21)/t8-,11-,12-,13-,14-,16?/m1/s1. The molecule has 0 aliphatic carbocycles. The highest BCUT2D eigenvalue weighted by Gasteiger charge is 2.46. The number of nitrogens with two attached hydrogens (primary N) is 1. The van der Waals surface area contributed by atoms with Crippen molar-refractivity contribution in [2.45, 2.75) is 43.7 Å². The van der Waals surface area contributed by atoms with Gasteiger partial charge in [0.1, 0.15) is 24.1 Å². The Bertz CT molecular complexity index is 591. The van der Waals surface area contributed by atoms with Crippen LogP contribution in [0.25, 0.3) is 6.08 Å². The molecule has 8 nitrogen and oxygen atoms in total. The molecule has 0 spiro atoms. The number of rotatable bonds is 5. The molecule has 0 bridgehead atoms. The first-order chi connectivity index (χ1) is 11.3. The fourth-order valence-electron chi connectivity index (χ4n) is 2.40. The van der Waals surface area contributed by atoms with Gasteiger partial charge in [0.25, 0.3) is 0 Å². The van der Waals surface area contributed by atoms with E-state index in [0.717, 1.165) is 0 Å². The van der Waals surface area contributed by atoms with E-state index in [-0.39, 0.29) is 5.76 Å². The summed E-state index contributed by atoms with van der Waals surface area (Å²) in [6.07, 6.45) is -5.39. The van der Waals surface area contributed by atoms with Crippen LogP contribution < -0.4 is 5.73 Å². The molecule has 1 aliphatic rings. The highest BCUT2D eigenvalue weighted by atomic mass is 16.6. The summed E-state index contributed by atoms with van der Waals surface area (Å²) in [5.74, 6) is -1.58. The summed E-state index contributed by atoms with van der Waals surface area (Å²) in [5.41, 5.74) is 6.38. The Balaban J connectivity index is 2.21. The lowest BCUT2D eigenvalue weighted by atomic mass is 9.95. The summed E-state index contributed by atoms with van der Waals surface area (Å²) in [4.78, 5) is 10.9.